The zero-order chi connectivity index (χ0) is 10.8. The summed E-state index contributed by atoms with van der Waals surface area (Å²) in [5, 5.41) is 9.94. The molecule has 2 fully saturated rings. The van der Waals surface area contributed by atoms with E-state index in [4.69, 9.17) is 0 Å². The molecule has 0 aromatic carbocycles. The first-order valence-electron chi connectivity index (χ1n) is 5.82. The van der Waals surface area contributed by atoms with Crippen LogP contribution in [0.15, 0.2) is 12.7 Å². The molecule has 0 aromatic heterocycles. The second kappa shape index (κ2) is 4.35. The van der Waals surface area contributed by atoms with Crippen molar-refractivity contribution in [3.05, 3.63) is 12.7 Å². The Hall–Kier alpha value is -0.830. The highest BCUT2D eigenvalue weighted by molar-refractivity contribution is 5.77. The van der Waals surface area contributed by atoms with Crippen LogP contribution in [0.1, 0.15) is 32.1 Å². The van der Waals surface area contributed by atoms with Crippen LogP contribution >= 0.6 is 0 Å². The number of hydrogen-bond acceptors (Lipinski definition) is 2. The number of nitrogens with zero attached hydrogens (tertiary/aromatic N) is 1. The molecule has 2 heterocycles. The van der Waals surface area contributed by atoms with Crippen LogP contribution in [0.5, 0.6) is 0 Å². The molecule has 1 amide bonds. The number of hydrogen-bond donors (Lipinski definition) is 1. The van der Waals surface area contributed by atoms with Crippen LogP contribution in [0, 0.1) is 5.92 Å². The van der Waals surface area contributed by atoms with E-state index in [-0.39, 0.29) is 18.1 Å². The topological polar surface area (TPSA) is 40.5 Å². The minimum Gasteiger partial charge on any atom is -0.391 e. The van der Waals surface area contributed by atoms with Gasteiger partial charge in [0.2, 0.25) is 5.91 Å². The molecule has 84 valence electrons. The first-order chi connectivity index (χ1) is 7.24. The number of rotatable bonds is 2. The fourth-order valence-electron chi connectivity index (χ4n) is 2.96. The number of aliphatic hydroxyl groups is 1. The molecule has 0 saturated carbocycles. The van der Waals surface area contributed by atoms with E-state index >= 15 is 0 Å². The summed E-state index contributed by atoms with van der Waals surface area (Å²) < 4.78 is 0. The lowest BCUT2D eigenvalue weighted by molar-refractivity contribution is -0.132. The van der Waals surface area contributed by atoms with Crippen LogP contribution in [-0.2, 0) is 4.79 Å². The van der Waals surface area contributed by atoms with Crippen molar-refractivity contribution in [2.45, 2.75) is 44.2 Å². The predicted octanol–water partition coefficient (Wildman–Crippen LogP) is 1.32. The van der Waals surface area contributed by atoms with E-state index in [1.807, 2.05) is 11.0 Å². The van der Waals surface area contributed by atoms with Gasteiger partial charge in [0, 0.05) is 13.0 Å². The highest BCUT2D eigenvalue weighted by atomic mass is 16.3. The third-order valence-corrected chi connectivity index (χ3v) is 3.66. The molecule has 0 spiro atoms. The molecule has 2 aliphatic rings. The first kappa shape index (κ1) is 10.7. The average Bonchev–Trinajstić information content (AvgIpc) is 2.51. The highest BCUT2D eigenvalue weighted by Crippen LogP contribution is 2.33. The van der Waals surface area contributed by atoms with Crippen molar-refractivity contribution < 1.29 is 9.90 Å². The lowest BCUT2D eigenvalue weighted by Gasteiger charge is -2.30. The molecule has 3 atom stereocenters. The number of allylic oxidation sites excluding steroid dienone is 1. The molecule has 3 nitrogen and oxygen atoms in total. The number of amides is 1. The Morgan fingerprint density at radius 3 is 3.07 bits per heavy atom. The monoisotopic (exact) mass is 209 g/mol. The van der Waals surface area contributed by atoms with E-state index in [2.05, 4.69) is 6.58 Å². The smallest absolute Gasteiger partial charge is 0.222 e. The summed E-state index contributed by atoms with van der Waals surface area (Å²) in [6.45, 7) is 4.49. The normalized spacial score (nSPS) is 36.2. The van der Waals surface area contributed by atoms with Gasteiger partial charge in [-0.05, 0) is 31.6 Å². The van der Waals surface area contributed by atoms with Crippen LogP contribution in [0.2, 0.25) is 0 Å². The maximum Gasteiger partial charge on any atom is 0.222 e. The summed E-state index contributed by atoms with van der Waals surface area (Å²) in [4.78, 5) is 13.7. The van der Waals surface area contributed by atoms with Crippen molar-refractivity contribution in [2.24, 2.45) is 5.92 Å². The Balaban J connectivity index is 2.18. The first-order valence-corrected chi connectivity index (χ1v) is 5.82. The average molecular weight is 209 g/mol. The van der Waals surface area contributed by atoms with Gasteiger partial charge in [0.25, 0.3) is 0 Å². The van der Waals surface area contributed by atoms with Crippen molar-refractivity contribution in [3.8, 4) is 0 Å². The van der Waals surface area contributed by atoms with Crippen LogP contribution in [0.3, 0.4) is 0 Å². The van der Waals surface area contributed by atoms with Crippen molar-refractivity contribution in [1.82, 2.24) is 4.90 Å². The molecular weight excluding hydrogens is 190 g/mol. The number of carbonyl (C=O) groups is 1. The summed E-state index contributed by atoms with van der Waals surface area (Å²) >= 11 is 0. The van der Waals surface area contributed by atoms with Crippen LogP contribution in [0.4, 0.5) is 0 Å². The largest absolute Gasteiger partial charge is 0.391 e. The van der Waals surface area contributed by atoms with Gasteiger partial charge in [-0.25, -0.2) is 0 Å². The summed E-state index contributed by atoms with van der Waals surface area (Å²) in [7, 11) is 0. The van der Waals surface area contributed by atoms with E-state index in [0.717, 1.165) is 32.2 Å². The number of fused-ring (bicyclic) bond motifs is 1. The summed E-state index contributed by atoms with van der Waals surface area (Å²) in [5.41, 5.74) is 0. The minimum atomic E-state index is -0.322. The summed E-state index contributed by atoms with van der Waals surface area (Å²) in [6, 6.07) is 0.0537. The molecule has 0 radical (unpaired) electrons. The van der Waals surface area contributed by atoms with Crippen molar-refractivity contribution in [3.63, 3.8) is 0 Å². The minimum absolute atomic E-state index is 0.0537. The van der Waals surface area contributed by atoms with E-state index in [1.54, 1.807) is 0 Å². The molecule has 2 aliphatic heterocycles. The zero-order valence-corrected chi connectivity index (χ0v) is 9.06. The van der Waals surface area contributed by atoms with Gasteiger partial charge in [-0.2, -0.15) is 0 Å². The van der Waals surface area contributed by atoms with Crippen molar-refractivity contribution in [2.75, 3.05) is 6.54 Å². The van der Waals surface area contributed by atoms with Gasteiger partial charge in [0.15, 0.2) is 0 Å². The van der Waals surface area contributed by atoms with Gasteiger partial charge in [0.05, 0.1) is 12.1 Å². The molecule has 2 rings (SSSR count). The van der Waals surface area contributed by atoms with Crippen LogP contribution in [0.25, 0.3) is 0 Å². The lowest BCUT2D eigenvalue weighted by atomic mass is 9.89. The maximum atomic E-state index is 11.8. The lowest BCUT2D eigenvalue weighted by Crippen LogP contribution is -2.42. The van der Waals surface area contributed by atoms with Crippen LogP contribution in [-0.4, -0.2) is 34.6 Å². The second-order valence-corrected chi connectivity index (χ2v) is 4.61. The number of aliphatic hydroxyl groups excluding tert-OH is 1. The molecule has 0 aliphatic carbocycles. The van der Waals surface area contributed by atoms with Crippen LogP contribution < -0.4 is 0 Å². The molecule has 2 saturated heterocycles. The van der Waals surface area contributed by atoms with Crippen molar-refractivity contribution in [1.29, 1.82) is 0 Å². The van der Waals surface area contributed by atoms with E-state index in [9.17, 15) is 9.90 Å². The van der Waals surface area contributed by atoms with Gasteiger partial charge in [0.1, 0.15) is 0 Å². The molecule has 0 bridgehead atoms. The molecule has 0 aromatic rings. The van der Waals surface area contributed by atoms with Crippen molar-refractivity contribution >= 4 is 5.91 Å². The van der Waals surface area contributed by atoms with Gasteiger partial charge in [-0.15, -0.1) is 6.58 Å². The van der Waals surface area contributed by atoms with Gasteiger partial charge >= 0.3 is 0 Å². The van der Waals surface area contributed by atoms with Gasteiger partial charge in [-0.1, -0.05) is 6.08 Å². The molecule has 3 heteroatoms. The SMILES string of the molecule is C=CC[C@H]1CCCC(=O)N2CC[C@@H](O)[C@H]12. The summed E-state index contributed by atoms with van der Waals surface area (Å²) in [5.74, 6) is 0.634. The predicted molar refractivity (Wildman–Crippen MR) is 58.3 cm³/mol. The fraction of sp³-hybridized carbons (Fsp3) is 0.750. The quantitative estimate of drug-likeness (QED) is 0.697. The maximum absolute atomic E-state index is 11.8. The van der Waals surface area contributed by atoms with E-state index in [0.29, 0.717) is 12.3 Å². The number of carbonyl (C=O) groups excluding carboxylic acids is 1. The Bertz CT molecular complexity index is 264. The third kappa shape index (κ3) is 1.93. The van der Waals surface area contributed by atoms with E-state index < -0.39 is 0 Å². The zero-order valence-electron chi connectivity index (χ0n) is 9.06. The fourth-order valence-corrected chi connectivity index (χ4v) is 2.96. The van der Waals surface area contributed by atoms with E-state index in [1.165, 1.54) is 0 Å². The Morgan fingerprint density at radius 2 is 2.33 bits per heavy atom. The Labute approximate surface area is 90.8 Å². The summed E-state index contributed by atoms with van der Waals surface area (Å²) in [6.07, 6.45) is 5.88. The third-order valence-electron chi connectivity index (χ3n) is 3.66. The second-order valence-electron chi connectivity index (χ2n) is 4.61. The van der Waals surface area contributed by atoms with Gasteiger partial charge in [-0.3, -0.25) is 4.79 Å². The standard InChI is InChI=1S/C12H19NO2/c1-2-4-9-5-3-6-11(15)13-8-7-10(14)12(9)13/h2,9-10,12,14H,1,3-8H2/t9-,10+,12-/m0/s1. The Morgan fingerprint density at radius 1 is 1.53 bits per heavy atom. The van der Waals surface area contributed by atoms with Gasteiger partial charge < -0.3 is 10.0 Å². The molecular formula is C12H19NO2. The molecule has 15 heavy (non-hydrogen) atoms. The Kier molecular flexibility index (Phi) is 3.10. The highest BCUT2D eigenvalue weighted by Gasteiger charge is 2.41. The molecule has 1 N–H and O–H groups in total. The molecule has 0 unspecified atom stereocenters.